The van der Waals surface area contributed by atoms with Crippen molar-refractivity contribution in [2.75, 3.05) is 19.7 Å². The molecule has 1 aliphatic heterocycles. The van der Waals surface area contributed by atoms with E-state index in [1.165, 1.54) is 0 Å². The number of hydrazone groups is 1. The van der Waals surface area contributed by atoms with Crippen molar-refractivity contribution in [1.29, 1.82) is 0 Å². The Balaban J connectivity index is 0.00000288. The van der Waals surface area contributed by atoms with E-state index < -0.39 is 5.97 Å². The number of unbranched alkanes of at least 4 members (excludes halogenated alkanes) is 2. The van der Waals surface area contributed by atoms with Gasteiger partial charge in [-0.05, 0) is 31.4 Å². The Hall–Kier alpha value is -2.16. The largest absolute Gasteiger partial charge is 0.491 e. The Kier molecular flexibility index (Phi) is 9.44. The molecule has 132 valence electrons. The van der Waals surface area contributed by atoms with Crippen LogP contribution >= 0.6 is 17.0 Å². The van der Waals surface area contributed by atoms with Crippen LogP contribution in [0.2, 0.25) is 0 Å². The molecule has 8 nitrogen and oxygen atoms in total. The lowest BCUT2D eigenvalue weighted by Gasteiger charge is -2.08. The predicted molar refractivity (Wildman–Crippen MR) is 97.2 cm³/mol. The van der Waals surface area contributed by atoms with Crippen LogP contribution in [0.15, 0.2) is 28.4 Å². The number of nitrogens with zero attached hydrogens (tertiary/aromatic N) is 3. The highest BCUT2D eigenvalue weighted by Gasteiger charge is 2.04. The van der Waals surface area contributed by atoms with Gasteiger partial charge in [0.1, 0.15) is 11.4 Å². The zero-order valence-corrected chi connectivity index (χ0v) is 15.0. The number of aliphatic imine (C=N–C) groups is 1. The van der Waals surface area contributed by atoms with Gasteiger partial charge in [0.15, 0.2) is 0 Å². The van der Waals surface area contributed by atoms with E-state index in [2.05, 4.69) is 25.8 Å². The molecular weight excluding hydrogens is 378 g/mol. The number of carboxylic acid groups (broad SMARTS) is 1. The molecule has 1 aliphatic rings. The number of nitrogens with one attached hydrogen (secondary N) is 2. The second-order valence-corrected chi connectivity index (χ2v) is 4.97. The standard InChI is InChI=1S/C15H21N5O3.BrH/c21-14(22)6-2-1-3-10-23-13-5-4-7-16-12(13)11-19-20-15-17-8-9-18-15;/h4-5,7,11H,1-3,6,8-10H2,(H,21,22)(H2,17,18,20);1H/b19-11+;. The first-order valence-corrected chi connectivity index (χ1v) is 7.63. The molecule has 0 unspecified atom stereocenters. The first-order chi connectivity index (χ1) is 11.3. The lowest BCUT2D eigenvalue weighted by atomic mass is 10.2. The van der Waals surface area contributed by atoms with Gasteiger partial charge >= 0.3 is 5.97 Å². The monoisotopic (exact) mass is 399 g/mol. The number of pyridine rings is 1. The Bertz CT molecular complexity index is 580. The maximum absolute atomic E-state index is 10.4. The summed E-state index contributed by atoms with van der Waals surface area (Å²) >= 11 is 0. The molecule has 1 aromatic heterocycles. The molecule has 0 radical (unpaired) electrons. The van der Waals surface area contributed by atoms with Crippen LogP contribution in [0.4, 0.5) is 0 Å². The molecule has 0 atom stereocenters. The van der Waals surface area contributed by atoms with Gasteiger partial charge in [-0.2, -0.15) is 5.10 Å². The molecule has 0 spiro atoms. The second kappa shape index (κ2) is 11.4. The van der Waals surface area contributed by atoms with E-state index in [-0.39, 0.29) is 23.4 Å². The van der Waals surface area contributed by atoms with Crippen molar-refractivity contribution in [1.82, 2.24) is 15.7 Å². The van der Waals surface area contributed by atoms with Crippen LogP contribution in [0.5, 0.6) is 5.75 Å². The normalized spacial score (nSPS) is 13.1. The van der Waals surface area contributed by atoms with Crippen molar-refractivity contribution in [2.45, 2.75) is 25.7 Å². The molecule has 24 heavy (non-hydrogen) atoms. The molecule has 9 heteroatoms. The number of aromatic nitrogens is 1. The average molecular weight is 400 g/mol. The Labute approximate surface area is 151 Å². The Morgan fingerprint density at radius 2 is 2.33 bits per heavy atom. The molecule has 0 aromatic carbocycles. The molecule has 2 rings (SSSR count). The number of carboxylic acids is 1. The number of halogens is 1. The van der Waals surface area contributed by atoms with Gasteiger partial charge < -0.3 is 15.2 Å². The Morgan fingerprint density at radius 1 is 1.46 bits per heavy atom. The fourth-order valence-corrected chi connectivity index (χ4v) is 1.99. The second-order valence-electron chi connectivity index (χ2n) is 4.97. The summed E-state index contributed by atoms with van der Waals surface area (Å²) in [7, 11) is 0. The molecule has 0 saturated carbocycles. The minimum atomic E-state index is -0.759. The van der Waals surface area contributed by atoms with Crippen LogP contribution in [-0.4, -0.2) is 47.9 Å². The third-order valence-electron chi connectivity index (χ3n) is 3.12. The SMILES string of the molecule is Br.O=C(O)CCCCCOc1cccnc1/C=N/NC1=NCCN1. The average Bonchev–Trinajstić information content (AvgIpc) is 3.05. The minimum absolute atomic E-state index is 0. The zero-order valence-electron chi connectivity index (χ0n) is 13.3. The van der Waals surface area contributed by atoms with Crippen molar-refractivity contribution in [3.63, 3.8) is 0 Å². The molecule has 0 fully saturated rings. The molecular formula is C15H22BrN5O3. The number of aliphatic carboxylic acids is 1. The highest BCUT2D eigenvalue weighted by atomic mass is 79.9. The van der Waals surface area contributed by atoms with E-state index in [1.54, 1.807) is 18.5 Å². The van der Waals surface area contributed by atoms with Crippen LogP contribution in [-0.2, 0) is 4.79 Å². The summed E-state index contributed by atoms with van der Waals surface area (Å²) in [6.45, 7) is 2.09. The van der Waals surface area contributed by atoms with Crippen molar-refractivity contribution in [3.8, 4) is 5.75 Å². The number of rotatable bonds is 9. The molecule has 0 amide bonds. The third kappa shape index (κ3) is 7.40. The van der Waals surface area contributed by atoms with E-state index in [1.807, 2.05) is 6.07 Å². The molecule has 3 N–H and O–H groups in total. The fourth-order valence-electron chi connectivity index (χ4n) is 1.99. The van der Waals surface area contributed by atoms with Crippen molar-refractivity contribution in [2.24, 2.45) is 10.1 Å². The van der Waals surface area contributed by atoms with Gasteiger partial charge in [-0.3, -0.25) is 9.78 Å². The molecule has 0 bridgehead atoms. The molecule has 2 heterocycles. The number of hydrogen-bond acceptors (Lipinski definition) is 7. The zero-order chi connectivity index (χ0) is 16.3. The smallest absolute Gasteiger partial charge is 0.303 e. The topological polar surface area (TPSA) is 108 Å². The number of carbonyl (C=O) groups is 1. The lowest BCUT2D eigenvalue weighted by molar-refractivity contribution is -0.137. The quantitative estimate of drug-likeness (QED) is 0.330. The van der Waals surface area contributed by atoms with Gasteiger partial charge in [0, 0.05) is 19.2 Å². The van der Waals surface area contributed by atoms with Crippen LogP contribution in [0.25, 0.3) is 0 Å². The van der Waals surface area contributed by atoms with Crippen molar-refractivity contribution >= 4 is 35.1 Å². The number of ether oxygens (including phenoxy) is 1. The van der Waals surface area contributed by atoms with E-state index in [0.29, 0.717) is 30.4 Å². The summed E-state index contributed by atoms with van der Waals surface area (Å²) in [6.07, 6.45) is 5.75. The van der Waals surface area contributed by atoms with Crippen molar-refractivity contribution in [3.05, 3.63) is 24.0 Å². The summed E-state index contributed by atoms with van der Waals surface area (Å²) in [5, 5.41) is 15.7. The van der Waals surface area contributed by atoms with Gasteiger partial charge in [-0.25, -0.2) is 10.4 Å². The number of hydrogen-bond donors (Lipinski definition) is 3. The van der Waals surface area contributed by atoms with E-state index in [4.69, 9.17) is 9.84 Å². The van der Waals surface area contributed by atoms with Gasteiger partial charge in [-0.1, -0.05) is 0 Å². The summed E-state index contributed by atoms with van der Waals surface area (Å²) in [5.41, 5.74) is 3.44. The maximum Gasteiger partial charge on any atom is 0.303 e. The fraction of sp³-hybridized carbons (Fsp3) is 0.467. The van der Waals surface area contributed by atoms with Gasteiger partial charge in [-0.15, -0.1) is 17.0 Å². The van der Waals surface area contributed by atoms with Crippen LogP contribution in [0, 0.1) is 0 Å². The van der Waals surface area contributed by atoms with Crippen LogP contribution in [0.1, 0.15) is 31.4 Å². The summed E-state index contributed by atoms with van der Waals surface area (Å²) in [4.78, 5) is 18.8. The summed E-state index contributed by atoms with van der Waals surface area (Å²) < 4.78 is 5.69. The van der Waals surface area contributed by atoms with Gasteiger partial charge in [0.25, 0.3) is 0 Å². The highest BCUT2D eigenvalue weighted by Crippen LogP contribution is 2.14. The Morgan fingerprint density at radius 3 is 3.08 bits per heavy atom. The predicted octanol–water partition coefficient (Wildman–Crippen LogP) is 1.57. The number of guanidine groups is 1. The maximum atomic E-state index is 10.4. The van der Waals surface area contributed by atoms with Crippen LogP contribution < -0.4 is 15.5 Å². The van der Waals surface area contributed by atoms with E-state index in [0.717, 1.165) is 25.9 Å². The summed E-state index contributed by atoms with van der Waals surface area (Å²) in [6, 6.07) is 3.63. The highest BCUT2D eigenvalue weighted by molar-refractivity contribution is 8.93. The van der Waals surface area contributed by atoms with Crippen molar-refractivity contribution < 1.29 is 14.6 Å². The van der Waals surface area contributed by atoms with E-state index >= 15 is 0 Å². The lowest BCUT2D eigenvalue weighted by Crippen LogP contribution is -2.30. The molecule has 1 aromatic rings. The first-order valence-electron chi connectivity index (χ1n) is 7.63. The molecule has 0 saturated heterocycles. The van der Waals surface area contributed by atoms with E-state index in [9.17, 15) is 4.79 Å². The van der Waals surface area contributed by atoms with Gasteiger partial charge in [0.05, 0.1) is 19.4 Å². The van der Waals surface area contributed by atoms with Gasteiger partial charge in [0.2, 0.25) is 5.96 Å². The third-order valence-corrected chi connectivity index (χ3v) is 3.12. The molecule has 0 aliphatic carbocycles. The van der Waals surface area contributed by atoms with Crippen LogP contribution in [0.3, 0.4) is 0 Å². The summed E-state index contributed by atoms with van der Waals surface area (Å²) in [5.74, 6) is 0.543. The minimum Gasteiger partial charge on any atom is -0.491 e. The first kappa shape index (κ1) is 19.9.